The molecule has 134 valence electrons. The van der Waals surface area contributed by atoms with E-state index in [2.05, 4.69) is 20.2 Å². The molecule has 0 bridgehead atoms. The molecule has 26 heavy (non-hydrogen) atoms. The van der Waals surface area contributed by atoms with Crippen molar-refractivity contribution in [2.45, 2.75) is 19.5 Å². The van der Waals surface area contributed by atoms with E-state index in [1.807, 2.05) is 30.3 Å². The lowest BCUT2D eigenvalue weighted by atomic mass is 10.2. The molecule has 0 aliphatic rings. The van der Waals surface area contributed by atoms with Crippen LogP contribution in [0.4, 0.5) is 14.5 Å². The van der Waals surface area contributed by atoms with Crippen LogP contribution in [-0.2, 0) is 11.2 Å². The van der Waals surface area contributed by atoms with Crippen LogP contribution in [0.3, 0.4) is 0 Å². The summed E-state index contributed by atoms with van der Waals surface area (Å²) in [6.45, 7) is -2.88. The quantitative estimate of drug-likeness (QED) is 0.692. The lowest BCUT2D eigenvalue weighted by Crippen LogP contribution is -2.12. The fourth-order valence-corrected chi connectivity index (χ4v) is 2.22. The highest BCUT2D eigenvalue weighted by Gasteiger charge is 2.11. The molecule has 0 unspecified atom stereocenters. The molecule has 0 spiro atoms. The lowest BCUT2D eigenvalue weighted by molar-refractivity contribution is -0.116. The number of hydrogen-bond acceptors (Lipinski definition) is 5. The molecule has 0 aliphatic heterocycles. The van der Waals surface area contributed by atoms with E-state index in [0.717, 1.165) is 5.56 Å². The van der Waals surface area contributed by atoms with E-state index in [4.69, 9.17) is 4.52 Å². The van der Waals surface area contributed by atoms with Gasteiger partial charge in [-0.25, -0.2) is 0 Å². The Kier molecular flexibility index (Phi) is 5.52. The minimum atomic E-state index is -2.88. The van der Waals surface area contributed by atoms with Gasteiger partial charge in [-0.15, -0.1) is 0 Å². The second kappa shape index (κ2) is 8.19. The summed E-state index contributed by atoms with van der Waals surface area (Å²) in [6.07, 6.45) is 0.434. The molecular weight excluding hydrogens is 344 g/mol. The molecule has 0 radical (unpaired) electrons. The average molecular weight is 359 g/mol. The molecule has 0 fully saturated rings. The Hall–Kier alpha value is -3.29. The minimum Gasteiger partial charge on any atom is -0.435 e. The van der Waals surface area contributed by atoms with Crippen LogP contribution in [0.15, 0.2) is 59.1 Å². The third kappa shape index (κ3) is 4.85. The van der Waals surface area contributed by atoms with E-state index in [1.54, 1.807) is 0 Å². The van der Waals surface area contributed by atoms with E-state index in [-0.39, 0.29) is 24.5 Å². The first kappa shape index (κ1) is 17.5. The van der Waals surface area contributed by atoms with Gasteiger partial charge >= 0.3 is 6.61 Å². The smallest absolute Gasteiger partial charge is 0.387 e. The summed E-state index contributed by atoms with van der Waals surface area (Å²) < 4.78 is 33.6. The van der Waals surface area contributed by atoms with Crippen molar-refractivity contribution in [3.8, 4) is 17.1 Å². The van der Waals surface area contributed by atoms with Gasteiger partial charge in [-0.3, -0.25) is 4.79 Å². The number of anilines is 1. The Morgan fingerprint density at radius 2 is 1.85 bits per heavy atom. The number of nitrogens with one attached hydrogen (secondary N) is 1. The van der Waals surface area contributed by atoms with Gasteiger partial charge in [0.2, 0.25) is 17.6 Å². The summed E-state index contributed by atoms with van der Waals surface area (Å²) in [5.74, 6) is 0.597. The van der Waals surface area contributed by atoms with Crippen molar-refractivity contribution >= 4 is 11.6 Å². The van der Waals surface area contributed by atoms with Crippen molar-refractivity contribution in [3.63, 3.8) is 0 Å². The number of aryl methyl sites for hydroxylation is 1. The first-order valence-electron chi connectivity index (χ1n) is 7.83. The zero-order valence-electron chi connectivity index (χ0n) is 13.6. The van der Waals surface area contributed by atoms with Crippen molar-refractivity contribution in [3.05, 3.63) is 60.5 Å². The summed E-state index contributed by atoms with van der Waals surface area (Å²) in [5, 5.41) is 6.55. The zero-order chi connectivity index (χ0) is 18.4. The lowest BCUT2D eigenvalue weighted by Gasteiger charge is -2.07. The number of carbonyl (C=O) groups is 1. The van der Waals surface area contributed by atoms with Crippen molar-refractivity contribution in [2.75, 3.05) is 5.32 Å². The third-order valence-electron chi connectivity index (χ3n) is 3.43. The van der Waals surface area contributed by atoms with E-state index < -0.39 is 6.61 Å². The fraction of sp³-hybridized carbons (Fsp3) is 0.167. The summed E-state index contributed by atoms with van der Waals surface area (Å²) in [5.41, 5.74) is 1.31. The van der Waals surface area contributed by atoms with Crippen LogP contribution in [0.25, 0.3) is 11.4 Å². The Morgan fingerprint density at radius 1 is 1.12 bits per heavy atom. The van der Waals surface area contributed by atoms with Crippen LogP contribution in [-0.4, -0.2) is 22.7 Å². The number of amides is 1. The number of carbonyl (C=O) groups excluding carboxylic acids is 1. The van der Waals surface area contributed by atoms with Crippen LogP contribution in [0.5, 0.6) is 5.75 Å². The van der Waals surface area contributed by atoms with E-state index in [9.17, 15) is 13.6 Å². The van der Waals surface area contributed by atoms with Gasteiger partial charge in [0.05, 0.1) is 0 Å². The van der Waals surface area contributed by atoms with Gasteiger partial charge < -0.3 is 14.6 Å². The highest BCUT2D eigenvalue weighted by molar-refractivity contribution is 5.90. The number of rotatable bonds is 7. The monoisotopic (exact) mass is 359 g/mol. The normalized spacial score (nSPS) is 10.7. The summed E-state index contributed by atoms with van der Waals surface area (Å²) in [4.78, 5) is 16.2. The molecule has 0 saturated heterocycles. The summed E-state index contributed by atoms with van der Waals surface area (Å²) >= 11 is 0. The Bertz CT molecular complexity index is 852. The SMILES string of the molecule is O=C(CCc1nc(-c2ccccc2)no1)Nc1ccc(OC(F)F)cc1. The minimum absolute atomic E-state index is 0.0253. The first-order valence-corrected chi connectivity index (χ1v) is 7.83. The molecule has 6 nitrogen and oxygen atoms in total. The molecule has 1 amide bonds. The maximum Gasteiger partial charge on any atom is 0.387 e. The second-order valence-corrected chi connectivity index (χ2v) is 5.33. The Balaban J connectivity index is 1.50. The fourth-order valence-electron chi connectivity index (χ4n) is 2.22. The summed E-state index contributed by atoms with van der Waals surface area (Å²) in [6, 6.07) is 15.0. The number of benzene rings is 2. The predicted molar refractivity (Wildman–Crippen MR) is 89.8 cm³/mol. The topological polar surface area (TPSA) is 77.2 Å². The maximum atomic E-state index is 12.1. The molecule has 8 heteroatoms. The van der Waals surface area contributed by atoms with Gasteiger partial charge in [-0.2, -0.15) is 13.8 Å². The van der Waals surface area contributed by atoms with Crippen molar-refractivity contribution < 1.29 is 22.8 Å². The molecule has 0 aliphatic carbocycles. The van der Waals surface area contributed by atoms with E-state index in [1.165, 1.54) is 24.3 Å². The van der Waals surface area contributed by atoms with Gasteiger partial charge in [0.1, 0.15) is 5.75 Å². The van der Waals surface area contributed by atoms with Gasteiger partial charge in [-0.05, 0) is 24.3 Å². The summed E-state index contributed by atoms with van der Waals surface area (Å²) in [7, 11) is 0. The van der Waals surface area contributed by atoms with Gasteiger partial charge in [0.15, 0.2) is 0 Å². The number of aromatic nitrogens is 2. The van der Waals surface area contributed by atoms with E-state index in [0.29, 0.717) is 17.4 Å². The zero-order valence-corrected chi connectivity index (χ0v) is 13.6. The molecule has 1 heterocycles. The third-order valence-corrected chi connectivity index (χ3v) is 3.43. The van der Waals surface area contributed by atoms with Crippen LogP contribution in [0.1, 0.15) is 12.3 Å². The van der Waals surface area contributed by atoms with Crippen molar-refractivity contribution in [2.24, 2.45) is 0 Å². The largest absolute Gasteiger partial charge is 0.435 e. The average Bonchev–Trinajstić information content (AvgIpc) is 3.11. The van der Waals surface area contributed by atoms with Gasteiger partial charge in [0, 0.05) is 24.1 Å². The van der Waals surface area contributed by atoms with Crippen molar-refractivity contribution in [1.29, 1.82) is 0 Å². The van der Waals surface area contributed by atoms with Crippen LogP contribution < -0.4 is 10.1 Å². The van der Waals surface area contributed by atoms with Crippen LogP contribution in [0.2, 0.25) is 0 Å². The molecule has 1 N–H and O–H groups in total. The highest BCUT2D eigenvalue weighted by Crippen LogP contribution is 2.18. The maximum absolute atomic E-state index is 12.1. The van der Waals surface area contributed by atoms with Crippen LogP contribution >= 0.6 is 0 Å². The van der Waals surface area contributed by atoms with Crippen molar-refractivity contribution in [1.82, 2.24) is 10.1 Å². The van der Waals surface area contributed by atoms with E-state index >= 15 is 0 Å². The molecule has 2 aromatic carbocycles. The number of alkyl halides is 2. The molecular formula is C18H15F2N3O3. The molecule has 3 aromatic rings. The molecule has 0 atom stereocenters. The second-order valence-electron chi connectivity index (χ2n) is 5.33. The molecule has 0 saturated carbocycles. The Labute approximate surface area is 147 Å². The van der Waals surface area contributed by atoms with Crippen LogP contribution in [0, 0.1) is 0 Å². The van der Waals surface area contributed by atoms with Gasteiger partial charge in [-0.1, -0.05) is 35.5 Å². The number of halogens is 2. The highest BCUT2D eigenvalue weighted by atomic mass is 19.3. The number of hydrogen-bond donors (Lipinski definition) is 1. The molecule has 3 rings (SSSR count). The van der Waals surface area contributed by atoms with Gasteiger partial charge in [0.25, 0.3) is 0 Å². The standard InChI is InChI=1S/C18H15F2N3O3/c19-18(20)25-14-8-6-13(7-9-14)21-15(24)10-11-16-22-17(23-26-16)12-4-2-1-3-5-12/h1-9,18H,10-11H2,(H,21,24). The Morgan fingerprint density at radius 3 is 2.54 bits per heavy atom. The number of nitrogens with zero attached hydrogens (tertiary/aromatic N) is 2. The number of ether oxygens (including phenoxy) is 1. The molecule has 1 aromatic heterocycles. The first-order chi connectivity index (χ1) is 12.6. The predicted octanol–water partition coefficient (Wildman–Crippen LogP) is 3.91.